The van der Waals surface area contributed by atoms with Crippen molar-refractivity contribution in [2.24, 2.45) is 0 Å². The van der Waals surface area contributed by atoms with Gasteiger partial charge in [0.15, 0.2) is 6.61 Å². The van der Waals surface area contributed by atoms with Crippen molar-refractivity contribution in [1.82, 2.24) is 10.2 Å². The number of rotatable bonds is 7. The molecular weight excluding hydrogens is 348 g/mol. The van der Waals surface area contributed by atoms with Crippen LogP contribution in [0.5, 0.6) is 5.75 Å². The maximum atomic E-state index is 12.4. The Hall–Kier alpha value is -2.33. The summed E-state index contributed by atoms with van der Waals surface area (Å²) in [6.45, 7) is 9.40. The summed E-state index contributed by atoms with van der Waals surface area (Å²) in [7, 11) is 0. The molecule has 0 unspecified atom stereocenters. The van der Waals surface area contributed by atoms with Crippen LogP contribution >= 0.6 is 0 Å². The van der Waals surface area contributed by atoms with Crippen molar-refractivity contribution in [3.63, 3.8) is 0 Å². The lowest BCUT2D eigenvalue weighted by Gasteiger charge is -2.32. The van der Waals surface area contributed by atoms with E-state index in [4.69, 9.17) is 4.74 Å². The number of ether oxygens (including phenoxy) is 1. The fourth-order valence-electron chi connectivity index (χ4n) is 3.73. The average Bonchev–Trinajstić information content (AvgIpc) is 2.68. The molecule has 4 nitrogen and oxygen atoms in total. The van der Waals surface area contributed by atoms with Crippen molar-refractivity contribution < 1.29 is 9.53 Å². The fourth-order valence-corrected chi connectivity index (χ4v) is 3.73. The highest BCUT2D eigenvalue weighted by molar-refractivity contribution is 5.77. The van der Waals surface area contributed by atoms with Gasteiger partial charge in [-0.15, -0.1) is 0 Å². The van der Waals surface area contributed by atoms with Crippen LogP contribution in [0.2, 0.25) is 0 Å². The second-order valence-corrected chi connectivity index (χ2v) is 8.09. The number of likely N-dealkylation sites (tertiary alicyclic amines) is 1. The SMILES string of the molecule is Cc1ccc(C(C)C)c(OCC(=O)NC2CCN(Cc3ccccc3)CC2)c1. The van der Waals surface area contributed by atoms with E-state index in [1.165, 1.54) is 5.56 Å². The molecule has 1 amide bonds. The van der Waals surface area contributed by atoms with Crippen molar-refractivity contribution in [2.45, 2.75) is 52.1 Å². The van der Waals surface area contributed by atoms with Crippen LogP contribution in [0.3, 0.4) is 0 Å². The fraction of sp³-hybridized carbons (Fsp3) is 0.458. The highest BCUT2D eigenvalue weighted by Crippen LogP contribution is 2.27. The van der Waals surface area contributed by atoms with E-state index < -0.39 is 0 Å². The molecule has 1 aliphatic heterocycles. The Morgan fingerprint density at radius 2 is 1.86 bits per heavy atom. The number of nitrogens with one attached hydrogen (secondary N) is 1. The first-order valence-electron chi connectivity index (χ1n) is 10.3. The number of aryl methyl sites for hydroxylation is 1. The van der Waals surface area contributed by atoms with Crippen LogP contribution in [0, 0.1) is 6.92 Å². The van der Waals surface area contributed by atoms with Gasteiger partial charge in [-0.3, -0.25) is 9.69 Å². The Morgan fingerprint density at radius 1 is 1.14 bits per heavy atom. The van der Waals surface area contributed by atoms with Crippen LogP contribution in [0.1, 0.15) is 49.3 Å². The molecule has 1 heterocycles. The van der Waals surface area contributed by atoms with Crippen LogP contribution in [0.15, 0.2) is 48.5 Å². The summed E-state index contributed by atoms with van der Waals surface area (Å²) >= 11 is 0. The van der Waals surface area contributed by atoms with Gasteiger partial charge in [-0.05, 0) is 48.4 Å². The van der Waals surface area contributed by atoms with Crippen LogP contribution in [-0.2, 0) is 11.3 Å². The van der Waals surface area contributed by atoms with Gasteiger partial charge in [0.1, 0.15) is 5.75 Å². The van der Waals surface area contributed by atoms with E-state index in [-0.39, 0.29) is 18.6 Å². The summed E-state index contributed by atoms with van der Waals surface area (Å²) in [4.78, 5) is 14.8. The van der Waals surface area contributed by atoms with Gasteiger partial charge < -0.3 is 10.1 Å². The molecule has 0 saturated carbocycles. The second kappa shape index (κ2) is 9.74. The van der Waals surface area contributed by atoms with Gasteiger partial charge in [0, 0.05) is 25.7 Å². The van der Waals surface area contributed by atoms with Gasteiger partial charge in [-0.25, -0.2) is 0 Å². The van der Waals surface area contributed by atoms with E-state index in [1.807, 2.05) is 19.1 Å². The highest BCUT2D eigenvalue weighted by Gasteiger charge is 2.21. The largest absolute Gasteiger partial charge is 0.483 e. The molecule has 0 aliphatic carbocycles. The maximum absolute atomic E-state index is 12.4. The number of piperidine rings is 1. The predicted molar refractivity (Wildman–Crippen MR) is 114 cm³/mol. The molecule has 0 bridgehead atoms. The van der Waals surface area contributed by atoms with Gasteiger partial charge in [0.2, 0.25) is 0 Å². The minimum absolute atomic E-state index is 0.0299. The highest BCUT2D eigenvalue weighted by atomic mass is 16.5. The standard InChI is InChI=1S/C24H32N2O2/c1-18(2)22-10-9-19(3)15-23(22)28-17-24(27)25-21-11-13-26(14-12-21)16-20-7-5-4-6-8-20/h4-10,15,18,21H,11-14,16-17H2,1-3H3,(H,25,27). The van der Waals surface area contributed by atoms with Gasteiger partial charge in [0.25, 0.3) is 5.91 Å². The van der Waals surface area contributed by atoms with Crippen molar-refractivity contribution >= 4 is 5.91 Å². The minimum Gasteiger partial charge on any atom is -0.483 e. The van der Waals surface area contributed by atoms with Crippen molar-refractivity contribution in [3.8, 4) is 5.75 Å². The van der Waals surface area contributed by atoms with Crippen LogP contribution < -0.4 is 10.1 Å². The van der Waals surface area contributed by atoms with Crippen LogP contribution in [0.25, 0.3) is 0 Å². The molecule has 0 aromatic heterocycles. The van der Waals surface area contributed by atoms with Crippen molar-refractivity contribution in [3.05, 3.63) is 65.2 Å². The zero-order chi connectivity index (χ0) is 19.9. The maximum Gasteiger partial charge on any atom is 0.258 e. The monoisotopic (exact) mass is 380 g/mol. The van der Waals surface area contributed by atoms with Gasteiger partial charge in [0.05, 0.1) is 0 Å². The Bertz CT molecular complexity index is 765. The van der Waals surface area contributed by atoms with E-state index in [0.717, 1.165) is 49.4 Å². The van der Waals surface area contributed by atoms with E-state index in [0.29, 0.717) is 5.92 Å². The molecule has 1 fully saturated rings. The average molecular weight is 381 g/mol. The first-order chi connectivity index (χ1) is 13.5. The number of benzene rings is 2. The molecule has 2 aromatic rings. The lowest BCUT2D eigenvalue weighted by Crippen LogP contribution is -2.45. The first kappa shape index (κ1) is 20.4. The molecule has 1 aliphatic rings. The van der Waals surface area contributed by atoms with E-state index in [9.17, 15) is 4.79 Å². The van der Waals surface area contributed by atoms with Crippen LogP contribution in [-0.4, -0.2) is 36.5 Å². The summed E-state index contributed by atoms with van der Waals surface area (Å²) in [5.41, 5.74) is 3.63. The number of amides is 1. The molecule has 150 valence electrons. The molecule has 28 heavy (non-hydrogen) atoms. The molecule has 1 N–H and O–H groups in total. The topological polar surface area (TPSA) is 41.6 Å². The van der Waals surface area contributed by atoms with E-state index in [2.05, 4.69) is 60.5 Å². The number of nitrogens with zero attached hydrogens (tertiary/aromatic N) is 1. The Morgan fingerprint density at radius 3 is 2.54 bits per heavy atom. The van der Waals surface area contributed by atoms with Gasteiger partial charge >= 0.3 is 0 Å². The molecule has 0 atom stereocenters. The van der Waals surface area contributed by atoms with E-state index >= 15 is 0 Å². The number of carbonyl (C=O) groups excluding carboxylic acids is 1. The molecule has 4 heteroatoms. The Kier molecular flexibility index (Phi) is 7.10. The molecule has 1 saturated heterocycles. The molecule has 0 spiro atoms. The smallest absolute Gasteiger partial charge is 0.258 e. The van der Waals surface area contributed by atoms with Crippen molar-refractivity contribution in [1.29, 1.82) is 0 Å². The summed E-state index contributed by atoms with van der Waals surface area (Å²) in [6, 6.07) is 17.0. The summed E-state index contributed by atoms with van der Waals surface area (Å²) in [5.74, 6) is 1.16. The number of hydrogen-bond acceptors (Lipinski definition) is 3. The Balaban J connectivity index is 1.43. The third kappa shape index (κ3) is 5.83. The first-order valence-corrected chi connectivity index (χ1v) is 10.3. The molecule has 3 rings (SSSR count). The molecular formula is C24H32N2O2. The van der Waals surface area contributed by atoms with Gasteiger partial charge in [-0.1, -0.05) is 56.3 Å². The third-order valence-electron chi connectivity index (χ3n) is 5.35. The zero-order valence-corrected chi connectivity index (χ0v) is 17.3. The van der Waals surface area contributed by atoms with E-state index in [1.54, 1.807) is 0 Å². The summed E-state index contributed by atoms with van der Waals surface area (Å²) in [5, 5.41) is 3.15. The number of hydrogen-bond donors (Lipinski definition) is 1. The van der Waals surface area contributed by atoms with Crippen LogP contribution in [0.4, 0.5) is 0 Å². The normalized spacial score (nSPS) is 15.6. The third-order valence-corrected chi connectivity index (χ3v) is 5.35. The lowest BCUT2D eigenvalue weighted by molar-refractivity contribution is -0.124. The Labute approximate surface area is 168 Å². The predicted octanol–water partition coefficient (Wildman–Crippen LogP) is 4.28. The lowest BCUT2D eigenvalue weighted by atomic mass is 10.0. The number of carbonyl (C=O) groups is 1. The van der Waals surface area contributed by atoms with Crippen molar-refractivity contribution in [2.75, 3.05) is 19.7 Å². The second-order valence-electron chi connectivity index (χ2n) is 8.09. The quantitative estimate of drug-likeness (QED) is 0.780. The van der Waals surface area contributed by atoms with Gasteiger partial charge in [-0.2, -0.15) is 0 Å². The summed E-state index contributed by atoms with van der Waals surface area (Å²) < 4.78 is 5.86. The summed E-state index contributed by atoms with van der Waals surface area (Å²) in [6.07, 6.45) is 1.97. The zero-order valence-electron chi connectivity index (χ0n) is 17.3. The molecule has 0 radical (unpaired) electrons. The minimum atomic E-state index is -0.0299. The molecule has 2 aromatic carbocycles.